The molecule has 1 saturated heterocycles. The highest BCUT2D eigenvalue weighted by molar-refractivity contribution is 9.10. The molecule has 0 spiro atoms. The number of rotatable bonds is 8. The molecule has 2 aromatic rings. The quantitative estimate of drug-likeness (QED) is 0.561. The van der Waals surface area contributed by atoms with Gasteiger partial charge in [0.25, 0.3) is 0 Å². The molecule has 1 N–H and O–H groups in total. The van der Waals surface area contributed by atoms with Crippen LogP contribution in [0.5, 0.6) is 0 Å². The van der Waals surface area contributed by atoms with Crippen LogP contribution in [0.4, 0.5) is 0 Å². The number of benzene rings is 2. The van der Waals surface area contributed by atoms with Crippen molar-refractivity contribution in [3.05, 3.63) is 69.7 Å². The molecule has 1 aliphatic rings. The zero-order valence-electron chi connectivity index (χ0n) is 16.5. The number of aryl methyl sites for hydroxylation is 1. The van der Waals surface area contributed by atoms with Crippen molar-refractivity contribution in [2.24, 2.45) is 5.92 Å². The lowest BCUT2D eigenvalue weighted by atomic mass is 9.96. The summed E-state index contributed by atoms with van der Waals surface area (Å²) < 4.78 is 1.10. The van der Waals surface area contributed by atoms with Gasteiger partial charge in [-0.25, -0.2) is 0 Å². The first-order valence-corrected chi connectivity index (χ1v) is 11.9. The van der Waals surface area contributed by atoms with E-state index < -0.39 is 0 Å². The monoisotopic (exact) mass is 460 g/mol. The van der Waals surface area contributed by atoms with E-state index in [2.05, 4.69) is 81.6 Å². The average Bonchev–Trinajstić information content (AvgIpc) is 2.71. The van der Waals surface area contributed by atoms with Gasteiger partial charge in [-0.1, -0.05) is 52.3 Å². The number of hydrogen-bond acceptors (Lipinski definition) is 3. The van der Waals surface area contributed by atoms with Crippen LogP contribution >= 0.6 is 27.7 Å². The Morgan fingerprint density at radius 2 is 2.00 bits per heavy atom. The highest BCUT2D eigenvalue weighted by atomic mass is 79.9. The van der Waals surface area contributed by atoms with E-state index in [0.29, 0.717) is 0 Å². The van der Waals surface area contributed by atoms with Gasteiger partial charge in [0, 0.05) is 35.6 Å². The van der Waals surface area contributed by atoms with E-state index in [1.165, 1.54) is 16.7 Å². The number of amides is 1. The molecule has 2 aromatic carbocycles. The van der Waals surface area contributed by atoms with Crippen LogP contribution in [0, 0.1) is 12.8 Å². The predicted molar refractivity (Wildman–Crippen MR) is 122 cm³/mol. The molecule has 28 heavy (non-hydrogen) atoms. The third kappa shape index (κ3) is 6.64. The van der Waals surface area contributed by atoms with Crippen molar-refractivity contribution in [3.8, 4) is 0 Å². The molecule has 0 radical (unpaired) electrons. The van der Waals surface area contributed by atoms with Crippen molar-refractivity contribution in [1.29, 1.82) is 0 Å². The molecule has 150 valence electrons. The minimum absolute atomic E-state index is 0.116. The van der Waals surface area contributed by atoms with Crippen molar-refractivity contribution in [3.63, 3.8) is 0 Å². The second-order valence-electron chi connectivity index (χ2n) is 7.47. The van der Waals surface area contributed by atoms with E-state index in [1.807, 2.05) is 11.8 Å². The number of piperidine rings is 1. The molecule has 1 aliphatic heterocycles. The summed E-state index contributed by atoms with van der Waals surface area (Å²) in [4.78, 5) is 15.0. The largest absolute Gasteiger partial charge is 0.355 e. The number of carbonyl (C=O) groups excluding carboxylic acids is 1. The molecular formula is C23H29BrN2OS. The van der Waals surface area contributed by atoms with Crippen molar-refractivity contribution in [1.82, 2.24) is 10.2 Å². The van der Waals surface area contributed by atoms with Crippen molar-refractivity contribution in [2.45, 2.75) is 32.1 Å². The van der Waals surface area contributed by atoms with Gasteiger partial charge in [0.05, 0.1) is 5.92 Å². The Kier molecular flexibility index (Phi) is 8.44. The molecule has 0 aromatic heterocycles. The highest BCUT2D eigenvalue weighted by Gasteiger charge is 2.25. The Morgan fingerprint density at radius 1 is 1.21 bits per heavy atom. The number of halogens is 1. The summed E-state index contributed by atoms with van der Waals surface area (Å²) in [6.07, 6.45) is 2.09. The normalized spacial score (nSPS) is 17.4. The Labute approximate surface area is 181 Å². The topological polar surface area (TPSA) is 32.3 Å². The van der Waals surface area contributed by atoms with E-state index in [-0.39, 0.29) is 11.8 Å². The van der Waals surface area contributed by atoms with Crippen LogP contribution in [0.2, 0.25) is 0 Å². The van der Waals surface area contributed by atoms with Gasteiger partial charge in [0.1, 0.15) is 0 Å². The molecule has 1 atom stereocenters. The molecular weight excluding hydrogens is 432 g/mol. The summed E-state index contributed by atoms with van der Waals surface area (Å²) in [7, 11) is 0. The summed E-state index contributed by atoms with van der Waals surface area (Å²) in [6, 6.07) is 17.0. The van der Waals surface area contributed by atoms with E-state index in [0.717, 1.165) is 55.0 Å². The van der Waals surface area contributed by atoms with Gasteiger partial charge in [0.15, 0.2) is 0 Å². The van der Waals surface area contributed by atoms with E-state index >= 15 is 0 Å². The minimum Gasteiger partial charge on any atom is -0.355 e. The summed E-state index contributed by atoms with van der Waals surface area (Å²) in [6.45, 7) is 5.76. The first-order valence-electron chi connectivity index (χ1n) is 9.98. The molecule has 3 nitrogen and oxygen atoms in total. The SMILES string of the molecule is Cc1ccccc1CSCCNC(=O)C1CCCN(Cc2ccc(Br)cc2)C1. The van der Waals surface area contributed by atoms with Gasteiger partial charge >= 0.3 is 0 Å². The Hall–Kier alpha value is -1.30. The van der Waals surface area contributed by atoms with Crippen LogP contribution in [-0.2, 0) is 17.1 Å². The van der Waals surface area contributed by atoms with Crippen LogP contribution in [0.15, 0.2) is 53.0 Å². The van der Waals surface area contributed by atoms with E-state index in [9.17, 15) is 4.79 Å². The number of carbonyl (C=O) groups is 1. The van der Waals surface area contributed by atoms with Crippen LogP contribution in [0.25, 0.3) is 0 Å². The molecule has 0 saturated carbocycles. The first kappa shape index (κ1) is 21.4. The van der Waals surface area contributed by atoms with Crippen LogP contribution in [-0.4, -0.2) is 36.2 Å². The Balaban J connectivity index is 1.36. The zero-order valence-corrected chi connectivity index (χ0v) is 18.9. The average molecular weight is 461 g/mol. The first-order chi connectivity index (χ1) is 13.6. The van der Waals surface area contributed by atoms with Gasteiger partial charge in [0.2, 0.25) is 5.91 Å². The van der Waals surface area contributed by atoms with Crippen LogP contribution in [0.3, 0.4) is 0 Å². The fourth-order valence-corrected chi connectivity index (χ4v) is 4.80. The van der Waals surface area contributed by atoms with Gasteiger partial charge in [-0.3, -0.25) is 9.69 Å². The fraction of sp³-hybridized carbons (Fsp3) is 0.435. The summed E-state index contributed by atoms with van der Waals surface area (Å²) in [5.74, 6) is 2.30. The molecule has 1 fully saturated rings. The number of thioether (sulfide) groups is 1. The van der Waals surface area contributed by atoms with Gasteiger partial charge in [-0.05, 0) is 55.1 Å². The maximum atomic E-state index is 12.6. The number of nitrogens with one attached hydrogen (secondary N) is 1. The molecule has 5 heteroatoms. The maximum absolute atomic E-state index is 12.6. The fourth-order valence-electron chi connectivity index (χ4n) is 3.61. The lowest BCUT2D eigenvalue weighted by molar-refractivity contribution is -0.126. The zero-order chi connectivity index (χ0) is 19.8. The van der Waals surface area contributed by atoms with Gasteiger partial charge in [-0.15, -0.1) is 0 Å². The molecule has 3 rings (SSSR count). The smallest absolute Gasteiger partial charge is 0.224 e. The highest BCUT2D eigenvalue weighted by Crippen LogP contribution is 2.20. The van der Waals surface area contributed by atoms with Crippen molar-refractivity contribution < 1.29 is 4.79 Å². The lowest BCUT2D eigenvalue weighted by Gasteiger charge is -2.32. The van der Waals surface area contributed by atoms with Gasteiger partial charge in [-0.2, -0.15) is 11.8 Å². The van der Waals surface area contributed by atoms with E-state index in [4.69, 9.17) is 0 Å². The lowest BCUT2D eigenvalue weighted by Crippen LogP contribution is -2.43. The minimum atomic E-state index is 0.116. The van der Waals surface area contributed by atoms with E-state index in [1.54, 1.807) is 0 Å². The van der Waals surface area contributed by atoms with Gasteiger partial charge < -0.3 is 5.32 Å². The second kappa shape index (κ2) is 11.0. The molecule has 1 unspecified atom stereocenters. The third-order valence-electron chi connectivity index (χ3n) is 5.26. The summed E-state index contributed by atoms with van der Waals surface area (Å²) in [5, 5.41) is 3.15. The molecule has 1 heterocycles. The Bertz CT molecular complexity index is 765. The standard InChI is InChI=1S/C23H29BrN2OS/c1-18-5-2-3-6-21(18)17-28-14-12-25-23(27)20-7-4-13-26(16-20)15-19-8-10-22(24)11-9-19/h2-3,5-6,8-11,20H,4,7,12-17H2,1H3,(H,25,27). The van der Waals surface area contributed by atoms with Crippen LogP contribution < -0.4 is 5.32 Å². The second-order valence-corrected chi connectivity index (χ2v) is 9.49. The Morgan fingerprint density at radius 3 is 2.79 bits per heavy atom. The number of likely N-dealkylation sites (tertiary alicyclic amines) is 1. The van der Waals surface area contributed by atoms with Crippen molar-refractivity contribution >= 4 is 33.6 Å². The molecule has 0 aliphatic carbocycles. The predicted octanol–water partition coefficient (Wildman–Crippen LogP) is 5.02. The van der Waals surface area contributed by atoms with Crippen molar-refractivity contribution in [2.75, 3.05) is 25.4 Å². The van der Waals surface area contributed by atoms with Crippen LogP contribution in [0.1, 0.15) is 29.5 Å². The summed E-state index contributed by atoms with van der Waals surface area (Å²) in [5.41, 5.74) is 4.03. The molecule has 0 bridgehead atoms. The third-order valence-corrected chi connectivity index (χ3v) is 6.80. The number of nitrogens with zero attached hydrogens (tertiary/aromatic N) is 1. The molecule has 1 amide bonds. The number of hydrogen-bond donors (Lipinski definition) is 1. The summed E-state index contributed by atoms with van der Waals surface area (Å²) >= 11 is 5.37. The maximum Gasteiger partial charge on any atom is 0.224 e.